The van der Waals surface area contributed by atoms with E-state index in [0.29, 0.717) is 22.9 Å². The van der Waals surface area contributed by atoms with Crippen molar-refractivity contribution in [1.29, 1.82) is 0 Å². The molecule has 7 heteroatoms. The van der Waals surface area contributed by atoms with Gasteiger partial charge in [0.25, 0.3) is 0 Å². The molecule has 5 nitrogen and oxygen atoms in total. The Hall–Kier alpha value is -1.18. The van der Waals surface area contributed by atoms with E-state index in [2.05, 4.69) is 31.6 Å². The Morgan fingerprint density at radius 1 is 1.46 bits per heavy atom. The fraction of sp³-hybridized carbons (Fsp3) is 0.588. The second-order valence-electron chi connectivity index (χ2n) is 5.76. The van der Waals surface area contributed by atoms with Crippen molar-refractivity contribution in [2.24, 2.45) is 10.9 Å². The molecule has 0 aromatic heterocycles. The fourth-order valence-corrected chi connectivity index (χ4v) is 2.65. The van der Waals surface area contributed by atoms with Crippen molar-refractivity contribution in [1.82, 2.24) is 10.6 Å². The number of ether oxygens (including phenoxy) is 2. The highest BCUT2D eigenvalue weighted by atomic mass is 79.9. The van der Waals surface area contributed by atoms with Crippen molar-refractivity contribution in [3.05, 3.63) is 34.1 Å². The molecule has 0 bridgehead atoms. The number of rotatable bonds is 8. The first-order chi connectivity index (χ1) is 11.7. The monoisotopic (exact) mass is 401 g/mol. The average molecular weight is 402 g/mol. The lowest BCUT2D eigenvalue weighted by atomic mass is 10.1. The Kier molecular flexibility index (Phi) is 8.49. The maximum absolute atomic E-state index is 13.5. The van der Waals surface area contributed by atoms with Gasteiger partial charge in [0.05, 0.1) is 17.7 Å². The molecule has 134 valence electrons. The van der Waals surface area contributed by atoms with E-state index in [1.165, 1.54) is 6.07 Å². The van der Waals surface area contributed by atoms with E-state index in [0.717, 1.165) is 51.4 Å². The van der Waals surface area contributed by atoms with Crippen molar-refractivity contribution >= 4 is 21.9 Å². The van der Waals surface area contributed by atoms with Crippen LogP contribution in [0, 0.1) is 11.7 Å². The number of hydrogen-bond donors (Lipinski definition) is 2. The maximum atomic E-state index is 13.5. The standard InChI is InChI=1S/C17H25BrFN3O2/c1-20-17(22-10-13-3-4-15(18)16(19)9-13)21-6-2-7-23-11-14-5-8-24-12-14/h3-4,9,14H,2,5-8,10-12H2,1H3,(H2,20,21,22). The summed E-state index contributed by atoms with van der Waals surface area (Å²) in [6, 6.07) is 5.08. The first-order valence-electron chi connectivity index (χ1n) is 8.23. The molecular weight excluding hydrogens is 377 g/mol. The summed E-state index contributed by atoms with van der Waals surface area (Å²) in [5, 5.41) is 6.39. The molecule has 2 rings (SSSR count). The number of nitrogens with zero attached hydrogens (tertiary/aromatic N) is 1. The predicted octanol–water partition coefficient (Wildman–Crippen LogP) is 2.70. The summed E-state index contributed by atoms with van der Waals surface area (Å²) in [5.41, 5.74) is 0.862. The molecule has 0 aliphatic carbocycles. The highest BCUT2D eigenvalue weighted by molar-refractivity contribution is 9.10. The highest BCUT2D eigenvalue weighted by Gasteiger charge is 2.15. The molecule has 1 atom stereocenters. The summed E-state index contributed by atoms with van der Waals surface area (Å²) >= 11 is 3.15. The summed E-state index contributed by atoms with van der Waals surface area (Å²) < 4.78 is 24.9. The van der Waals surface area contributed by atoms with Gasteiger partial charge in [0.1, 0.15) is 5.82 Å². The Labute approximate surface area is 151 Å². The predicted molar refractivity (Wildman–Crippen MR) is 96.7 cm³/mol. The largest absolute Gasteiger partial charge is 0.381 e. The van der Waals surface area contributed by atoms with Crippen LogP contribution in [-0.2, 0) is 16.0 Å². The van der Waals surface area contributed by atoms with E-state index >= 15 is 0 Å². The van der Waals surface area contributed by atoms with Crippen LogP contribution >= 0.6 is 15.9 Å². The number of aliphatic imine (C=N–C) groups is 1. The van der Waals surface area contributed by atoms with Gasteiger partial charge in [0.15, 0.2) is 5.96 Å². The first-order valence-corrected chi connectivity index (χ1v) is 9.02. The van der Waals surface area contributed by atoms with Gasteiger partial charge in [0.2, 0.25) is 0 Å². The minimum Gasteiger partial charge on any atom is -0.381 e. The van der Waals surface area contributed by atoms with E-state index < -0.39 is 0 Å². The van der Waals surface area contributed by atoms with Gasteiger partial charge in [-0.2, -0.15) is 0 Å². The zero-order valence-corrected chi connectivity index (χ0v) is 15.6. The molecule has 1 aromatic rings. The Bertz CT molecular complexity index is 537. The lowest BCUT2D eigenvalue weighted by molar-refractivity contribution is 0.0888. The molecule has 1 fully saturated rings. The molecule has 1 unspecified atom stereocenters. The van der Waals surface area contributed by atoms with Gasteiger partial charge in [-0.15, -0.1) is 0 Å². The lowest BCUT2D eigenvalue weighted by Crippen LogP contribution is -2.37. The molecule has 1 heterocycles. The van der Waals surface area contributed by atoms with Crippen molar-refractivity contribution in [2.45, 2.75) is 19.4 Å². The molecular formula is C17H25BrFN3O2. The Morgan fingerprint density at radius 2 is 2.33 bits per heavy atom. The smallest absolute Gasteiger partial charge is 0.191 e. The summed E-state index contributed by atoms with van der Waals surface area (Å²) in [7, 11) is 1.72. The molecule has 0 radical (unpaired) electrons. The normalized spacial score (nSPS) is 18.0. The molecule has 1 aromatic carbocycles. The van der Waals surface area contributed by atoms with Gasteiger partial charge in [-0.1, -0.05) is 6.07 Å². The summed E-state index contributed by atoms with van der Waals surface area (Å²) in [4.78, 5) is 4.16. The quantitative estimate of drug-likeness (QED) is 0.399. The molecule has 0 amide bonds. The van der Waals surface area contributed by atoms with Crippen LogP contribution in [0.15, 0.2) is 27.7 Å². The third-order valence-corrected chi connectivity index (χ3v) is 4.45. The van der Waals surface area contributed by atoms with Crippen LogP contribution in [0.5, 0.6) is 0 Å². The van der Waals surface area contributed by atoms with Crippen LogP contribution in [0.4, 0.5) is 4.39 Å². The molecule has 0 saturated carbocycles. The third kappa shape index (κ3) is 6.75. The van der Waals surface area contributed by atoms with Crippen LogP contribution < -0.4 is 10.6 Å². The van der Waals surface area contributed by atoms with Gasteiger partial charge in [-0.3, -0.25) is 4.99 Å². The molecule has 2 N–H and O–H groups in total. The Balaban J connectivity index is 1.57. The van der Waals surface area contributed by atoms with E-state index in [1.54, 1.807) is 13.1 Å². The Morgan fingerprint density at radius 3 is 3.04 bits per heavy atom. The van der Waals surface area contributed by atoms with Crippen LogP contribution in [0.2, 0.25) is 0 Å². The van der Waals surface area contributed by atoms with Crippen molar-refractivity contribution in [3.8, 4) is 0 Å². The molecule has 0 spiro atoms. The van der Waals surface area contributed by atoms with Crippen molar-refractivity contribution in [2.75, 3.05) is 40.0 Å². The maximum Gasteiger partial charge on any atom is 0.191 e. The van der Waals surface area contributed by atoms with Gasteiger partial charge in [-0.25, -0.2) is 4.39 Å². The second kappa shape index (κ2) is 10.6. The number of benzene rings is 1. The minimum absolute atomic E-state index is 0.262. The van der Waals surface area contributed by atoms with E-state index in [9.17, 15) is 4.39 Å². The van der Waals surface area contributed by atoms with Crippen LogP contribution in [0.3, 0.4) is 0 Å². The number of halogens is 2. The van der Waals surface area contributed by atoms with Gasteiger partial charge in [0, 0.05) is 39.3 Å². The summed E-state index contributed by atoms with van der Waals surface area (Å²) in [6.07, 6.45) is 2.01. The molecule has 1 saturated heterocycles. The SMILES string of the molecule is CN=C(NCCCOCC1CCOC1)NCc1ccc(Br)c(F)c1. The van der Waals surface area contributed by atoms with Gasteiger partial charge < -0.3 is 20.1 Å². The molecule has 1 aliphatic rings. The summed E-state index contributed by atoms with van der Waals surface area (Å²) in [5.74, 6) is 0.989. The molecule has 1 aliphatic heterocycles. The second-order valence-corrected chi connectivity index (χ2v) is 6.61. The number of hydrogen-bond acceptors (Lipinski definition) is 3. The minimum atomic E-state index is -0.262. The van der Waals surface area contributed by atoms with Gasteiger partial charge >= 0.3 is 0 Å². The van der Waals surface area contributed by atoms with E-state index in [1.807, 2.05) is 6.07 Å². The topological polar surface area (TPSA) is 54.9 Å². The van der Waals surface area contributed by atoms with Crippen molar-refractivity contribution in [3.63, 3.8) is 0 Å². The van der Waals surface area contributed by atoms with E-state index in [4.69, 9.17) is 9.47 Å². The number of nitrogens with one attached hydrogen (secondary N) is 2. The zero-order valence-electron chi connectivity index (χ0n) is 14.0. The van der Waals surface area contributed by atoms with Crippen LogP contribution in [-0.4, -0.2) is 46.0 Å². The zero-order chi connectivity index (χ0) is 17.2. The highest BCUT2D eigenvalue weighted by Crippen LogP contribution is 2.16. The van der Waals surface area contributed by atoms with Crippen LogP contribution in [0.25, 0.3) is 0 Å². The lowest BCUT2D eigenvalue weighted by Gasteiger charge is -2.13. The fourth-order valence-electron chi connectivity index (χ4n) is 2.40. The van der Waals surface area contributed by atoms with Crippen LogP contribution in [0.1, 0.15) is 18.4 Å². The van der Waals surface area contributed by atoms with Crippen molar-refractivity contribution < 1.29 is 13.9 Å². The first kappa shape index (κ1) is 19.1. The average Bonchev–Trinajstić information content (AvgIpc) is 3.10. The summed E-state index contributed by atoms with van der Waals surface area (Å²) in [6.45, 7) is 4.48. The number of guanidine groups is 1. The van der Waals surface area contributed by atoms with E-state index in [-0.39, 0.29) is 5.82 Å². The third-order valence-electron chi connectivity index (χ3n) is 3.80. The van der Waals surface area contributed by atoms with Gasteiger partial charge in [-0.05, 0) is 46.5 Å². The molecule has 24 heavy (non-hydrogen) atoms.